The highest BCUT2D eigenvalue weighted by molar-refractivity contribution is 5.28. The molecule has 2 aromatic rings. The Bertz CT molecular complexity index is 500. The summed E-state index contributed by atoms with van der Waals surface area (Å²) in [5, 5.41) is 0. The summed E-state index contributed by atoms with van der Waals surface area (Å²) >= 11 is 0. The molecule has 18 heavy (non-hydrogen) atoms. The molecular weight excluding hydrogens is 224 g/mol. The van der Waals surface area contributed by atoms with Gasteiger partial charge in [-0.15, -0.1) is 0 Å². The molecule has 1 aliphatic carbocycles. The van der Waals surface area contributed by atoms with Gasteiger partial charge in [0.15, 0.2) is 0 Å². The third-order valence-electron chi connectivity index (χ3n) is 3.60. The normalized spacial score (nSPS) is 23.6. The molecule has 3 rings (SSSR count). The smallest absolute Gasteiger partial charge is 0.115 e. The number of aromatic nitrogens is 2. The fourth-order valence-electron chi connectivity index (χ4n) is 2.58. The molecule has 0 radical (unpaired) electrons. The van der Waals surface area contributed by atoms with E-state index in [9.17, 15) is 0 Å². The second-order valence-electron chi connectivity index (χ2n) is 4.70. The molecule has 1 aliphatic rings. The average Bonchev–Trinajstić information content (AvgIpc) is 3.22. The molecule has 0 bridgehead atoms. The summed E-state index contributed by atoms with van der Waals surface area (Å²) in [5.41, 5.74) is 5.24. The van der Waals surface area contributed by atoms with E-state index in [4.69, 9.17) is 5.84 Å². The lowest BCUT2D eigenvalue weighted by atomic mass is 10.0. The van der Waals surface area contributed by atoms with Gasteiger partial charge in [-0.2, -0.15) is 0 Å². The van der Waals surface area contributed by atoms with Gasteiger partial charge in [0.2, 0.25) is 0 Å². The van der Waals surface area contributed by atoms with E-state index in [1.165, 1.54) is 5.56 Å². The summed E-state index contributed by atoms with van der Waals surface area (Å²) in [6, 6.07) is 12.6. The zero-order valence-corrected chi connectivity index (χ0v) is 10.0. The Kier molecular flexibility index (Phi) is 3.04. The highest BCUT2D eigenvalue weighted by Gasteiger charge is 2.44. The minimum atomic E-state index is 0.109. The summed E-state index contributed by atoms with van der Waals surface area (Å²) in [5.74, 6) is 6.78. The number of hydrogen-bond acceptors (Lipinski definition) is 4. The largest absolute Gasteiger partial charge is 0.271 e. The van der Waals surface area contributed by atoms with Crippen LogP contribution in [0.2, 0.25) is 0 Å². The van der Waals surface area contributed by atoms with Crippen LogP contribution in [0.15, 0.2) is 48.9 Å². The third-order valence-corrected chi connectivity index (χ3v) is 3.60. The number of hydrogen-bond donors (Lipinski definition) is 2. The van der Waals surface area contributed by atoms with Gasteiger partial charge >= 0.3 is 0 Å². The maximum atomic E-state index is 5.68. The Labute approximate surface area is 106 Å². The molecule has 0 amide bonds. The van der Waals surface area contributed by atoms with E-state index in [0.717, 1.165) is 12.1 Å². The van der Waals surface area contributed by atoms with E-state index in [0.29, 0.717) is 11.8 Å². The number of rotatable bonds is 4. The van der Waals surface area contributed by atoms with Crippen LogP contribution in [0.5, 0.6) is 0 Å². The zero-order valence-electron chi connectivity index (χ0n) is 10.0. The molecule has 1 aromatic heterocycles. The molecule has 4 nitrogen and oxygen atoms in total. The monoisotopic (exact) mass is 240 g/mol. The van der Waals surface area contributed by atoms with Crippen molar-refractivity contribution in [2.24, 2.45) is 11.8 Å². The van der Waals surface area contributed by atoms with Gasteiger partial charge in [0.25, 0.3) is 0 Å². The second kappa shape index (κ2) is 4.84. The summed E-state index contributed by atoms with van der Waals surface area (Å²) in [6.07, 6.45) is 4.48. The van der Waals surface area contributed by atoms with Crippen LogP contribution in [0, 0.1) is 5.92 Å². The minimum Gasteiger partial charge on any atom is -0.271 e. The molecule has 92 valence electrons. The van der Waals surface area contributed by atoms with E-state index in [1.807, 2.05) is 12.1 Å². The molecule has 0 spiro atoms. The number of hydrazine groups is 1. The van der Waals surface area contributed by atoms with Crippen molar-refractivity contribution >= 4 is 0 Å². The predicted molar refractivity (Wildman–Crippen MR) is 69.4 cm³/mol. The molecule has 0 aliphatic heterocycles. The zero-order chi connectivity index (χ0) is 12.4. The Morgan fingerprint density at radius 2 is 2.06 bits per heavy atom. The predicted octanol–water partition coefficient (Wildman–Crippen LogP) is 1.78. The van der Waals surface area contributed by atoms with E-state index in [2.05, 4.69) is 39.7 Å². The van der Waals surface area contributed by atoms with E-state index < -0.39 is 0 Å². The van der Waals surface area contributed by atoms with Gasteiger partial charge < -0.3 is 0 Å². The van der Waals surface area contributed by atoms with Crippen molar-refractivity contribution in [3.8, 4) is 0 Å². The fourth-order valence-corrected chi connectivity index (χ4v) is 2.58. The molecule has 1 aromatic carbocycles. The standard InChI is InChI=1S/C14H16N4/c15-18-14(13-6-7-16-9-17-13)12-8-11(12)10-4-2-1-3-5-10/h1-7,9,11-12,14,18H,8,15H2. The number of nitrogens with two attached hydrogens (primary N) is 1. The lowest BCUT2D eigenvalue weighted by Crippen LogP contribution is -2.30. The van der Waals surface area contributed by atoms with Crippen molar-refractivity contribution in [1.29, 1.82) is 0 Å². The molecule has 4 heteroatoms. The first kappa shape index (κ1) is 11.3. The van der Waals surface area contributed by atoms with Crippen molar-refractivity contribution < 1.29 is 0 Å². The average molecular weight is 240 g/mol. The van der Waals surface area contributed by atoms with Crippen LogP contribution in [-0.2, 0) is 0 Å². The Morgan fingerprint density at radius 1 is 1.22 bits per heavy atom. The molecule has 3 N–H and O–H groups in total. The van der Waals surface area contributed by atoms with Gasteiger partial charge in [-0.3, -0.25) is 11.3 Å². The van der Waals surface area contributed by atoms with Crippen LogP contribution >= 0.6 is 0 Å². The Balaban J connectivity index is 1.77. The van der Waals surface area contributed by atoms with Gasteiger partial charge in [0.05, 0.1) is 11.7 Å². The Morgan fingerprint density at radius 3 is 2.72 bits per heavy atom. The summed E-state index contributed by atoms with van der Waals surface area (Å²) in [4.78, 5) is 8.22. The lowest BCUT2D eigenvalue weighted by molar-refractivity contribution is 0.475. The third kappa shape index (κ3) is 2.12. The van der Waals surface area contributed by atoms with Crippen LogP contribution in [0.25, 0.3) is 0 Å². The molecular formula is C14H16N4. The number of nitrogens with one attached hydrogen (secondary N) is 1. The summed E-state index contributed by atoms with van der Waals surface area (Å²) in [6.45, 7) is 0. The maximum absolute atomic E-state index is 5.68. The minimum absolute atomic E-state index is 0.109. The van der Waals surface area contributed by atoms with E-state index >= 15 is 0 Å². The van der Waals surface area contributed by atoms with Crippen molar-refractivity contribution in [1.82, 2.24) is 15.4 Å². The number of nitrogens with zero attached hydrogens (tertiary/aromatic N) is 2. The first-order valence-corrected chi connectivity index (χ1v) is 6.17. The van der Waals surface area contributed by atoms with Gasteiger partial charge in [-0.05, 0) is 29.9 Å². The van der Waals surface area contributed by atoms with E-state index in [1.54, 1.807) is 12.5 Å². The van der Waals surface area contributed by atoms with Gasteiger partial charge in [0, 0.05) is 6.20 Å². The van der Waals surface area contributed by atoms with Gasteiger partial charge in [-0.1, -0.05) is 30.3 Å². The highest BCUT2D eigenvalue weighted by Crippen LogP contribution is 2.53. The highest BCUT2D eigenvalue weighted by atomic mass is 15.2. The fraction of sp³-hybridized carbons (Fsp3) is 0.286. The topological polar surface area (TPSA) is 63.8 Å². The van der Waals surface area contributed by atoms with Crippen molar-refractivity contribution in [3.63, 3.8) is 0 Å². The van der Waals surface area contributed by atoms with Crippen molar-refractivity contribution in [3.05, 3.63) is 60.2 Å². The lowest BCUT2D eigenvalue weighted by Gasteiger charge is -2.14. The maximum Gasteiger partial charge on any atom is 0.115 e. The van der Waals surface area contributed by atoms with Crippen molar-refractivity contribution in [2.45, 2.75) is 18.4 Å². The van der Waals surface area contributed by atoms with E-state index in [-0.39, 0.29) is 6.04 Å². The first-order chi connectivity index (χ1) is 8.90. The van der Waals surface area contributed by atoms with Crippen LogP contribution in [-0.4, -0.2) is 9.97 Å². The van der Waals surface area contributed by atoms with Gasteiger partial charge in [0.1, 0.15) is 6.33 Å². The van der Waals surface area contributed by atoms with Gasteiger partial charge in [-0.25, -0.2) is 9.97 Å². The van der Waals surface area contributed by atoms with Crippen LogP contribution < -0.4 is 11.3 Å². The quantitative estimate of drug-likeness (QED) is 0.631. The molecule has 1 fully saturated rings. The Hall–Kier alpha value is -1.78. The molecule has 1 heterocycles. The number of benzene rings is 1. The SMILES string of the molecule is NNC(c1ccncn1)C1CC1c1ccccc1. The molecule has 0 saturated heterocycles. The second-order valence-corrected chi connectivity index (χ2v) is 4.70. The summed E-state index contributed by atoms with van der Waals surface area (Å²) < 4.78 is 0. The summed E-state index contributed by atoms with van der Waals surface area (Å²) in [7, 11) is 0. The molecule has 3 unspecified atom stereocenters. The van der Waals surface area contributed by atoms with Crippen LogP contribution in [0.3, 0.4) is 0 Å². The van der Waals surface area contributed by atoms with Crippen LogP contribution in [0.1, 0.15) is 29.6 Å². The van der Waals surface area contributed by atoms with Crippen molar-refractivity contribution in [2.75, 3.05) is 0 Å². The van der Waals surface area contributed by atoms with Crippen LogP contribution in [0.4, 0.5) is 0 Å². The molecule has 1 saturated carbocycles. The molecule has 3 atom stereocenters. The first-order valence-electron chi connectivity index (χ1n) is 6.17.